The molecule has 1 aromatic heterocycles. The highest BCUT2D eigenvalue weighted by molar-refractivity contribution is 6.31. The van der Waals surface area contributed by atoms with Crippen LogP contribution in [0.3, 0.4) is 0 Å². The van der Waals surface area contributed by atoms with Crippen molar-refractivity contribution in [2.45, 2.75) is 25.2 Å². The molecule has 0 aliphatic heterocycles. The highest BCUT2D eigenvalue weighted by Gasteiger charge is 2.22. The van der Waals surface area contributed by atoms with E-state index >= 15 is 0 Å². The molecule has 1 heterocycles. The molecule has 1 aliphatic carbocycles. The second kappa shape index (κ2) is 3.95. The summed E-state index contributed by atoms with van der Waals surface area (Å²) in [4.78, 5) is 7.54. The Morgan fingerprint density at radius 1 is 1.31 bits per heavy atom. The molecule has 1 aliphatic rings. The standard InChI is InChI=1S/C13H13ClN2/c14-11-4-2-1-3-10(11)9-5-6-12-13(7-9)16-8-15-12/h1-4,8-9H,5-7H2,(H,15,16). The first-order chi connectivity index (χ1) is 7.84. The summed E-state index contributed by atoms with van der Waals surface area (Å²) in [5.74, 6) is 0.529. The number of imidazole rings is 1. The van der Waals surface area contributed by atoms with E-state index in [1.165, 1.54) is 17.0 Å². The van der Waals surface area contributed by atoms with Crippen molar-refractivity contribution in [1.82, 2.24) is 9.97 Å². The van der Waals surface area contributed by atoms with Gasteiger partial charge in [-0.15, -0.1) is 0 Å². The van der Waals surface area contributed by atoms with Gasteiger partial charge in [-0.3, -0.25) is 0 Å². The van der Waals surface area contributed by atoms with Crippen molar-refractivity contribution in [2.24, 2.45) is 0 Å². The van der Waals surface area contributed by atoms with Crippen molar-refractivity contribution in [2.75, 3.05) is 0 Å². The lowest BCUT2D eigenvalue weighted by Crippen LogP contribution is -2.12. The number of nitrogens with zero attached hydrogens (tertiary/aromatic N) is 1. The minimum atomic E-state index is 0.529. The first kappa shape index (κ1) is 9.91. The molecule has 2 aromatic rings. The Bertz CT molecular complexity index is 504. The number of nitrogens with one attached hydrogen (secondary N) is 1. The van der Waals surface area contributed by atoms with E-state index in [1.54, 1.807) is 6.33 Å². The van der Waals surface area contributed by atoms with Crippen LogP contribution in [0.5, 0.6) is 0 Å². The maximum absolute atomic E-state index is 6.23. The lowest BCUT2D eigenvalue weighted by Gasteiger charge is -2.22. The van der Waals surface area contributed by atoms with Crippen LogP contribution >= 0.6 is 11.6 Å². The molecule has 0 spiro atoms. The molecule has 0 saturated heterocycles. The van der Waals surface area contributed by atoms with Gasteiger partial charge >= 0.3 is 0 Å². The van der Waals surface area contributed by atoms with Gasteiger partial charge in [-0.05, 0) is 36.8 Å². The third kappa shape index (κ3) is 1.63. The molecule has 82 valence electrons. The van der Waals surface area contributed by atoms with Crippen molar-refractivity contribution >= 4 is 11.6 Å². The average molecular weight is 233 g/mol. The smallest absolute Gasteiger partial charge is 0.0925 e. The average Bonchev–Trinajstić information content (AvgIpc) is 2.76. The molecule has 1 unspecified atom stereocenters. The highest BCUT2D eigenvalue weighted by atomic mass is 35.5. The van der Waals surface area contributed by atoms with Gasteiger partial charge in [-0.1, -0.05) is 29.8 Å². The molecule has 3 heteroatoms. The van der Waals surface area contributed by atoms with Crippen LogP contribution in [0, 0.1) is 0 Å². The molecule has 0 fully saturated rings. The van der Waals surface area contributed by atoms with Crippen LogP contribution in [0.2, 0.25) is 5.02 Å². The SMILES string of the molecule is Clc1ccccc1C1CCc2nc[nH]c2C1. The largest absolute Gasteiger partial charge is 0.348 e. The summed E-state index contributed by atoms with van der Waals surface area (Å²) in [6.07, 6.45) is 5.01. The van der Waals surface area contributed by atoms with E-state index in [9.17, 15) is 0 Å². The number of aromatic nitrogens is 2. The predicted molar refractivity (Wildman–Crippen MR) is 64.8 cm³/mol. The quantitative estimate of drug-likeness (QED) is 0.803. The Balaban J connectivity index is 1.92. The van der Waals surface area contributed by atoms with Crippen LogP contribution in [0.4, 0.5) is 0 Å². The van der Waals surface area contributed by atoms with Crippen molar-refractivity contribution in [3.8, 4) is 0 Å². The van der Waals surface area contributed by atoms with Gasteiger partial charge in [0.1, 0.15) is 0 Å². The number of hydrogen-bond acceptors (Lipinski definition) is 1. The maximum atomic E-state index is 6.23. The van der Waals surface area contributed by atoms with E-state index in [4.69, 9.17) is 11.6 Å². The fraction of sp³-hybridized carbons (Fsp3) is 0.308. The number of halogens is 1. The fourth-order valence-corrected chi connectivity index (χ4v) is 2.76. The van der Waals surface area contributed by atoms with Crippen LogP contribution in [-0.4, -0.2) is 9.97 Å². The molecule has 1 N–H and O–H groups in total. The molecule has 1 atom stereocenters. The topological polar surface area (TPSA) is 28.7 Å². The summed E-state index contributed by atoms with van der Waals surface area (Å²) in [5, 5.41) is 0.885. The van der Waals surface area contributed by atoms with Gasteiger partial charge in [0, 0.05) is 10.7 Å². The van der Waals surface area contributed by atoms with Crippen molar-refractivity contribution in [3.63, 3.8) is 0 Å². The van der Waals surface area contributed by atoms with Crippen molar-refractivity contribution < 1.29 is 0 Å². The molecular weight excluding hydrogens is 220 g/mol. The van der Waals surface area contributed by atoms with Gasteiger partial charge in [-0.25, -0.2) is 4.98 Å². The summed E-state index contributed by atoms with van der Waals surface area (Å²) in [5.41, 5.74) is 3.77. The van der Waals surface area contributed by atoms with E-state index < -0.39 is 0 Å². The van der Waals surface area contributed by atoms with Gasteiger partial charge in [0.25, 0.3) is 0 Å². The van der Waals surface area contributed by atoms with Gasteiger partial charge in [-0.2, -0.15) is 0 Å². The number of rotatable bonds is 1. The van der Waals surface area contributed by atoms with E-state index in [-0.39, 0.29) is 0 Å². The fourth-order valence-electron chi connectivity index (χ4n) is 2.47. The van der Waals surface area contributed by atoms with Crippen LogP contribution in [-0.2, 0) is 12.8 Å². The van der Waals surface area contributed by atoms with Crippen LogP contribution in [0.25, 0.3) is 0 Å². The molecule has 2 nitrogen and oxygen atoms in total. The zero-order chi connectivity index (χ0) is 11.0. The predicted octanol–water partition coefficient (Wildman–Crippen LogP) is 3.34. The van der Waals surface area contributed by atoms with E-state index in [0.29, 0.717) is 5.92 Å². The van der Waals surface area contributed by atoms with Crippen molar-refractivity contribution in [1.29, 1.82) is 0 Å². The Labute approximate surface area is 99.7 Å². The Kier molecular flexibility index (Phi) is 2.44. The molecule has 0 radical (unpaired) electrons. The number of benzene rings is 1. The lowest BCUT2D eigenvalue weighted by molar-refractivity contribution is 0.572. The number of aryl methyl sites for hydroxylation is 1. The zero-order valence-corrected chi connectivity index (χ0v) is 9.67. The van der Waals surface area contributed by atoms with Gasteiger partial charge < -0.3 is 4.98 Å². The molecule has 3 rings (SSSR count). The number of H-pyrrole nitrogens is 1. The second-order valence-corrected chi connectivity index (χ2v) is 4.70. The second-order valence-electron chi connectivity index (χ2n) is 4.29. The van der Waals surface area contributed by atoms with Gasteiger partial charge in [0.2, 0.25) is 0 Å². The number of fused-ring (bicyclic) bond motifs is 1. The Morgan fingerprint density at radius 2 is 2.19 bits per heavy atom. The summed E-state index contributed by atoms with van der Waals surface area (Å²) in [7, 11) is 0. The summed E-state index contributed by atoms with van der Waals surface area (Å²) < 4.78 is 0. The van der Waals surface area contributed by atoms with Crippen LogP contribution < -0.4 is 0 Å². The molecular formula is C13H13ClN2. The molecule has 1 aromatic carbocycles. The van der Waals surface area contributed by atoms with E-state index in [1.807, 2.05) is 12.1 Å². The van der Waals surface area contributed by atoms with Gasteiger partial charge in [0.05, 0.1) is 12.0 Å². The summed E-state index contributed by atoms with van der Waals surface area (Å²) in [6.45, 7) is 0. The molecule has 0 bridgehead atoms. The van der Waals surface area contributed by atoms with E-state index in [2.05, 4.69) is 22.1 Å². The van der Waals surface area contributed by atoms with Crippen LogP contribution in [0.1, 0.15) is 29.3 Å². The maximum Gasteiger partial charge on any atom is 0.0925 e. The lowest BCUT2D eigenvalue weighted by atomic mass is 9.84. The Hall–Kier alpha value is -1.28. The summed E-state index contributed by atoms with van der Waals surface area (Å²) >= 11 is 6.23. The van der Waals surface area contributed by atoms with Crippen molar-refractivity contribution in [3.05, 3.63) is 52.6 Å². The third-order valence-electron chi connectivity index (χ3n) is 3.33. The minimum absolute atomic E-state index is 0.529. The summed E-state index contributed by atoms with van der Waals surface area (Å²) in [6, 6.07) is 8.15. The van der Waals surface area contributed by atoms with Crippen LogP contribution in [0.15, 0.2) is 30.6 Å². The Morgan fingerprint density at radius 3 is 3.06 bits per heavy atom. The van der Waals surface area contributed by atoms with E-state index in [0.717, 1.165) is 24.3 Å². The minimum Gasteiger partial charge on any atom is -0.348 e. The first-order valence-electron chi connectivity index (χ1n) is 5.60. The zero-order valence-electron chi connectivity index (χ0n) is 8.91. The van der Waals surface area contributed by atoms with Gasteiger partial charge in [0.15, 0.2) is 0 Å². The molecule has 16 heavy (non-hydrogen) atoms. The monoisotopic (exact) mass is 232 g/mol. The molecule has 0 saturated carbocycles. The number of hydrogen-bond donors (Lipinski definition) is 1. The normalized spacial score (nSPS) is 19.4. The number of aromatic amines is 1. The molecule has 0 amide bonds. The first-order valence-corrected chi connectivity index (χ1v) is 5.98. The highest BCUT2D eigenvalue weighted by Crippen LogP contribution is 2.34. The third-order valence-corrected chi connectivity index (χ3v) is 3.68.